The number of hydrogen-bond donors (Lipinski definition) is 0. The fourth-order valence-corrected chi connectivity index (χ4v) is 5.16. The Balaban J connectivity index is 1.25. The average molecular weight is 481 g/mol. The highest BCUT2D eigenvalue weighted by atomic mass is 16.5. The Labute approximate surface area is 202 Å². The molecule has 0 spiro atoms. The summed E-state index contributed by atoms with van der Waals surface area (Å²) in [5, 5.41) is 4.07. The molecule has 1 amide bonds. The molecular weight excluding hydrogens is 452 g/mol. The van der Waals surface area contributed by atoms with Crippen molar-refractivity contribution in [2.75, 3.05) is 34.4 Å². The quantitative estimate of drug-likeness (QED) is 0.508. The fraction of sp³-hybridized carbons (Fsp3) is 0.440. The Kier molecular flexibility index (Phi) is 6.19. The zero-order chi connectivity index (χ0) is 24.5. The minimum absolute atomic E-state index is 0.0382. The maximum atomic E-state index is 13.0. The molecule has 0 N–H and O–H groups in total. The van der Waals surface area contributed by atoms with Gasteiger partial charge in [0.15, 0.2) is 11.5 Å². The smallest absolute Gasteiger partial charge is 0.250 e. The molecule has 1 aromatic carbocycles. The van der Waals surface area contributed by atoms with Crippen LogP contribution in [-0.2, 0) is 17.8 Å². The maximum Gasteiger partial charge on any atom is 0.250 e. The van der Waals surface area contributed by atoms with Crippen molar-refractivity contribution in [2.45, 2.75) is 31.7 Å². The average Bonchev–Trinajstić information content (AvgIpc) is 3.36. The third-order valence-corrected chi connectivity index (χ3v) is 6.78. The van der Waals surface area contributed by atoms with Gasteiger partial charge in [-0.05, 0) is 30.5 Å². The molecule has 1 fully saturated rings. The second-order valence-corrected chi connectivity index (χ2v) is 8.92. The van der Waals surface area contributed by atoms with E-state index in [1.807, 2.05) is 15.5 Å². The molecule has 2 unspecified atom stereocenters. The Bertz CT molecular complexity index is 1270. The number of aryl methyl sites for hydroxylation is 1. The third kappa shape index (κ3) is 4.36. The summed E-state index contributed by atoms with van der Waals surface area (Å²) in [5.74, 6) is 2.75. The van der Waals surface area contributed by atoms with Crippen molar-refractivity contribution in [3.8, 4) is 28.6 Å². The number of likely N-dealkylation sites (tertiary alicyclic amines) is 1. The molecule has 4 heterocycles. The van der Waals surface area contributed by atoms with Gasteiger partial charge < -0.3 is 28.2 Å². The standard InChI is InChI=1S/C25H28N4O6/c1-32-19-10-16(11-20(33-2)24(19)34-3)25-26-21(35-27-25)7-8-22(30)28-12-15-9-17(14-28)18-5-4-6-23(31)29(18)13-15/h4-6,10-11,15,17H,7-9,12-14H2,1-3H3. The topological polar surface area (TPSA) is 109 Å². The molecule has 184 valence electrons. The van der Waals surface area contributed by atoms with Gasteiger partial charge in [-0.25, -0.2) is 0 Å². The molecule has 3 aromatic rings. The van der Waals surface area contributed by atoms with Gasteiger partial charge >= 0.3 is 0 Å². The van der Waals surface area contributed by atoms with Crippen molar-refractivity contribution in [2.24, 2.45) is 5.92 Å². The van der Waals surface area contributed by atoms with Crippen LogP contribution in [0.4, 0.5) is 0 Å². The van der Waals surface area contributed by atoms with Crippen LogP contribution in [0, 0.1) is 5.92 Å². The van der Waals surface area contributed by atoms with E-state index in [1.54, 1.807) is 38.5 Å². The van der Waals surface area contributed by atoms with Crippen LogP contribution >= 0.6 is 0 Å². The largest absolute Gasteiger partial charge is 0.493 e. The van der Waals surface area contributed by atoms with Gasteiger partial charge in [-0.2, -0.15) is 4.98 Å². The first-order valence-electron chi connectivity index (χ1n) is 11.6. The highest BCUT2D eigenvalue weighted by Crippen LogP contribution is 2.40. The number of amides is 1. The summed E-state index contributed by atoms with van der Waals surface area (Å²) < 4.78 is 23.4. The number of carbonyl (C=O) groups excluding carboxylic acids is 1. The molecule has 10 nitrogen and oxygen atoms in total. The second kappa shape index (κ2) is 9.44. The molecule has 10 heteroatoms. The normalized spacial score (nSPS) is 18.7. The zero-order valence-electron chi connectivity index (χ0n) is 20.0. The van der Waals surface area contributed by atoms with Crippen LogP contribution in [0.5, 0.6) is 17.2 Å². The number of benzene rings is 1. The molecule has 35 heavy (non-hydrogen) atoms. The van der Waals surface area contributed by atoms with Gasteiger partial charge in [0, 0.05) is 55.7 Å². The van der Waals surface area contributed by atoms with Gasteiger partial charge in [0.25, 0.3) is 5.56 Å². The monoisotopic (exact) mass is 480 g/mol. The van der Waals surface area contributed by atoms with Crippen molar-refractivity contribution in [3.05, 3.63) is 52.3 Å². The van der Waals surface area contributed by atoms with Crippen LogP contribution in [0.25, 0.3) is 11.4 Å². The Morgan fingerprint density at radius 3 is 2.57 bits per heavy atom. The van der Waals surface area contributed by atoms with Crippen LogP contribution < -0.4 is 19.8 Å². The molecular formula is C25H28N4O6. The summed E-state index contributed by atoms with van der Waals surface area (Å²) in [5.41, 5.74) is 1.72. The SMILES string of the molecule is COc1cc(-c2noc(CCC(=O)N3CC4CC(C3)c3cccc(=O)n3C4)n2)cc(OC)c1OC. The third-order valence-electron chi connectivity index (χ3n) is 6.78. The van der Waals surface area contributed by atoms with Gasteiger partial charge in [0.2, 0.25) is 23.4 Å². The second-order valence-electron chi connectivity index (χ2n) is 8.92. The van der Waals surface area contributed by atoms with Gasteiger partial charge in [-0.3, -0.25) is 9.59 Å². The molecule has 0 aliphatic carbocycles. The lowest BCUT2D eigenvalue weighted by atomic mass is 9.83. The fourth-order valence-electron chi connectivity index (χ4n) is 5.16. The highest BCUT2D eigenvalue weighted by Gasteiger charge is 2.36. The zero-order valence-corrected chi connectivity index (χ0v) is 20.0. The number of piperidine rings is 1. The van der Waals surface area contributed by atoms with E-state index in [0.29, 0.717) is 66.5 Å². The van der Waals surface area contributed by atoms with Crippen LogP contribution in [-0.4, -0.2) is 59.9 Å². The van der Waals surface area contributed by atoms with Crippen LogP contribution in [0.2, 0.25) is 0 Å². The lowest BCUT2D eigenvalue weighted by Gasteiger charge is -2.42. The van der Waals surface area contributed by atoms with Gasteiger partial charge in [-0.15, -0.1) is 0 Å². The lowest BCUT2D eigenvalue weighted by molar-refractivity contribution is -0.134. The maximum absolute atomic E-state index is 13.0. The van der Waals surface area contributed by atoms with Crippen molar-refractivity contribution < 1.29 is 23.5 Å². The number of fused-ring (bicyclic) bond motifs is 4. The molecule has 2 atom stereocenters. The van der Waals surface area contributed by atoms with Crippen molar-refractivity contribution in [3.63, 3.8) is 0 Å². The van der Waals surface area contributed by atoms with Crippen molar-refractivity contribution in [1.82, 2.24) is 19.6 Å². The van der Waals surface area contributed by atoms with Crippen LogP contribution in [0.3, 0.4) is 0 Å². The number of hydrogen-bond acceptors (Lipinski definition) is 8. The number of carbonyl (C=O) groups is 1. The minimum Gasteiger partial charge on any atom is -0.493 e. The molecule has 2 bridgehead atoms. The van der Waals surface area contributed by atoms with Gasteiger partial charge in [0.05, 0.1) is 21.3 Å². The number of rotatable bonds is 7. The van der Waals surface area contributed by atoms with Crippen LogP contribution in [0.15, 0.2) is 39.6 Å². The Morgan fingerprint density at radius 1 is 1.09 bits per heavy atom. The molecule has 0 radical (unpaired) electrons. The van der Waals surface area contributed by atoms with E-state index in [0.717, 1.165) is 12.1 Å². The summed E-state index contributed by atoms with van der Waals surface area (Å²) in [6.07, 6.45) is 1.63. The van der Waals surface area contributed by atoms with Gasteiger partial charge in [-0.1, -0.05) is 11.2 Å². The number of ether oxygens (including phenoxy) is 3. The highest BCUT2D eigenvalue weighted by molar-refractivity contribution is 5.76. The molecule has 0 saturated carbocycles. The van der Waals surface area contributed by atoms with Gasteiger partial charge in [0.1, 0.15) is 0 Å². The first-order valence-corrected chi connectivity index (χ1v) is 11.6. The number of pyridine rings is 1. The first kappa shape index (κ1) is 22.9. The van der Waals surface area contributed by atoms with Crippen molar-refractivity contribution >= 4 is 5.91 Å². The van der Waals surface area contributed by atoms with E-state index < -0.39 is 0 Å². The predicted molar refractivity (Wildman–Crippen MR) is 126 cm³/mol. The lowest BCUT2D eigenvalue weighted by Crippen LogP contribution is -2.49. The molecule has 2 aliphatic heterocycles. The van der Waals surface area contributed by atoms with Crippen LogP contribution in [0.1, 0.15) is 30.3 Å². The summed E-state index contributed by atoms with van der Waals surface area (Å²) in [4.78, 5) is 31.6. The molecule has 2 aromatic heterocycles. The molecule has 5 rings (SSSR count). The first-order chi connectivity index (χ1) is 17.0. The molecule has 1 saturated heterocycles. The van der Waals surface area contributed by atoms with E-state index in [9.17, 15) is 9.59 Å². The summed E-state index contributed by atoms with van der Waals surface area (Å²) >= 11 is 0. The number of aromatic nitrogens is 3. The number of methoxy groups -OCH3 is 3. The Morgan fingerprint density at radius 2 is 1.86 bits per heavy atom. The van der Waals surface area contributed by atoms with E-state index in [2.05, 4.69) is 10.1 Å². The van der Waals surface area contributed by atoms with E-state index in [1.165, 1.54) is 7.11 Å². The minimum atomic E-state index is 0.0382. The summed E-state index contributed by atoms with van der Waals surface area (Å²) in [6, 6.07) is 8.90. The summed E-state index contributed by atoms with van der Waals surface area (Å²) in [6.45, 7) is 1.95. The Hall–Kier alpha value is -3.82. The number of nitrogens with zero attached hydrogens (tertiary/aromatic N) is 4. The predicted octanol–water partition coefficient (Wildman–Crippen LogP) is 2.50. The van der Waals surface area contributed by atoms with E-state index in [-0.39, 0.29) is 23.8 Å². The van der Waals surface area contributed by atoms with E-state index >= 15 is 0 Å². The molecule has 2 aliphatic rings. The summed E-state index contributed by atoms with van der Waals surface area (Å²) in [7, 11) is 4.62. The van der Waals surface area contributed by atoms with E-state index in [4.69, 9.17) is 18.7 Å². The van der Waals surface area contributed by atoms with Crippen molar-refractivity contribution in [1.29, 1.82) is 0 Å².